The molecule has 8 heteroatoms. The van der Waals surface area contributed by atoms with Crippen LogP contribution in [0.15, 0.2) is 34.3 Å². The van der Waals surface area contributed by atoms with Gasteiger partial charge in [-0.25, -0.2) is 4.98 Å². The van der Waals surface area contributed by atoms with E-state index in [1.165, 1.54) is 16.2 Å². The summed E-state index contributed by atoms with van der Waals surface area (Å²) in [4.78, 5) is 30.4. The highest BCUT2D eigenvalue weighted by molar-refractivity contribution is 7.16. The molecule has 2 N–H and O–H groups in total. The van der Waals surface area contributed by atoms with E-state index in [1.54, 1.807) is 34.1 Å². The minimum absolute atomic E-state index is 0.0114. The van der Waals surface area contributed by atoms with Crippen LogP contribution < -0.4 is 10.6 Å². The zero-order valence-corrected chi connectivity index (χ0v) is 16.0. The molecule has 0 bridgehead atoms. The fourth-order valence-corrected chi connectivity index (χ4v) is 4.46. The van der Waals surface area contributed by atoms with Crippen molar-refractivity contribution in [1.29, 1.82) is 0 Å². The highest BCUT2D eigenvalue weighted by Gasteiger charge is 2.09. The molecule has 3 aromatic rings. The van der Waals surface area contributed by atoms with Gasteiger partial charge in [0.15, 0.2) is 0 Å². The van der Waals surface area contributed by atoms with Crippen molar-refractivity contribution in [3.63, 3.8) is 0 Å². The van der Waals surface area contributed by atoms with Crippen LogP contribution in [0.5, 0.6) is 0 Å². The molecule has 3 rings (SSSR count). The molecule has 0 radical (unpaired) electrons. The van der Waals surface area contributed by atoms with E-state index in [9.17, 15) is 9.59 Å². The van der Waals surface area contributed by atoms with Gasteiger partial charge in [0, 0.05) is 27.7 Å². The van der Waals surface area contributed by atoms with Crippen molar-refractivity contribution in [3.8, 4) is 10.6 Å². The summed E-state index contributed by atoms with van der Waals surface area (Å²) in [5, 5.41) is 12.1. The zero-order valence-electron chi connectivity index (χ0n) is 13.6. The van der Waals surface area contributed by atoms with E-state index in [0.717, 1.165) is 22.0 Å². The number of aryl methyl sites for hydroxylation is 1. The van der Waals surface area contributed by atoms with E-state index < -0.39 is 0 Å². The van der Waals surface area contributed by atoms with Gasteiger partial charge in [0.2, 0.25) is 5.91 Å². The van der Waals surface area contributed by atoms with Crippen molar-refractivity contribution in [2.75, 3.05) is 13.1 Å². The molecule has 0 aromatic carbocycles. The van der Waals surface area contributed by atoms with Gasteiger partial charge in [-0.2, -0.15) is 11.3 Å². The number of nitrogens with zero attached hydrogens (tertiary/aromatic N) is 1. The topological polar surface area (TPSA) is 71.1 Å². The molecule has 0 saturated carbocycles. The van der Waals surface area contributed by atoms with Gasteiger partial charge < -0.3 is 10.6 Å². The molecule has 25 heavy (non-hydrogen) atoms. The van der Waals surface area contributed by atoms with Crippen molar-refractivity contribution in [2.24, 2.45) is 0 Å². The first kappa shape index (κ1) is 17.8. The monoisotopic (exact) mass is 391 g/mol. The Morgan fingerprint density at radius 2 is 2.04 bits per heavy atom. The molecule has 5 nitrogen and oxygen atoms in total. The third-order valence-electron chi connectivity index (χ3n) is 3.42. The number of rotatable bonds is 7. The second-order valence-corrected chi connectivity index (χ2v) is 8.32. The number of aromatic nitrogens is 1. The maximum absolute atomic E-state index is 11.8. The van der Waals surface area contributed by atoms with Crippen LogP contribution in [0.2, 0.25) is 0 Å². The van der Waals surface area contributed by atoms with Gasteiger partial charge in [0.25, 0.3) is 5.91 Å². The van der Waals surface area contributed by atoms with Crippen molar-refractivity contribution in [1.82, 2.24) is 15.6 Å². The first-order valence-corrected chi connectivity index (χ1v) is 10.3. The average molecular weight is 392 g/mol. The van der Waals surface area contributed by atoms with Gasteiger partial charge in [0.1, 0.15) is 0 Å². The Balaban J connectivity index is 1.40. The van der Waals surface area contributed by atoms with Gasteiger partial charge in [0.05, 0.1) is 22.1 Å². The second kappa shape index (κ2) is 8.37. The average Bonchev–Trinajstić information content (AvgIpc) is 3.33. The minimum Gasteiger partial charge on any atom is -0.354 e. The molecule has 0 aliphatic carbocycles. The fourth-order valence-electron chi connectivity index (χ4n) is 2.17. The van der Waals surface area contributed by atoms with Crippen molar-refractivity contribution in [3.05, 3.63) is 49.8 Å². The smallest absolute Gasteiger partial charge is 0.252 e. The third-order valence-corrected chi connectivity index (χ3v) is 6.04. The molecule has 0 unspecified atom stereocenters. The van der Waals surface area contributed by atoms with Gasteiger partial charge in [-0.15, -0.1) is 22.7 Å². The SMILES string of the molecule is Cc1nc(-c2ccc(CCNC(=O)CNC(=O)c3ccsc3)s2)cs1. The van der Waals surface area contributed by atoms with E-state index in [1.807, 2.05) is 12.3 Å². The molecule has 3 aromatic heterocycles. The number of carbonyl (C=O) groups is 2. The molecule has 130 valence electrons. The first-order valence-electron chi connectivity index (χ1n) is 7.70. The number of hydrogen-bond donors (Lipinski definition) is 2. The van der Waals surface area contributed by atoms with Crippen LogP contribution in [0, 0.1) is 6.92 Å². The summed E-state index contributed by atoms with van der Waals surface area (Å²) in [5.74, 6) is -0.409. The quantitative estimate of drug-likeness (QED) is 0.649. The van der Waals surface area contributed by atoms with E-state index in [-0.39, 0.29) is 18.4 Å². The second-order valence-electron chi connectivity index (χ2n) is 5.31. The van der Waals surface area contributed by atoms with Gasteiger partial charge >= 0.3 is 0 Å². The summed E-state index contributed by atoms with van der Waals surface area (Å²) in [5.41, 5.74) is 1.60. The standard InChI is InChI=1S/C17H17N3O2S3/c1-11-20-14(10-24-11)15-3-2-13(25-15)4-6-18-16(21)8-19-17(22)12-5-7-23-9-12/h2-3,5,7,9-10H,4,6,8H2,1H3,(H,18,21)(H,19,22). The number of carbonyl (C=O) groups excluding carboxylic acids is 2. The number of hydrogen-bond acceptors (Lipinski definition) is 6. The summed E-state index contributed by atoms with van der Waals surface area (Å²) in [7, 11) is 0. The predicted octanol–water partition coefficient (Wildman–Crippen LogP) is 3.33. The molecular formula is C17H17N3O2S3. The molecule has 0 fully saturated rings. The van der Waals surface area contributed by atoms with Crippen LogP contribution in [0.1, 0.15) is 20.2 Å². The molecule has 0 atom stereocenters. The number of thiophene rings is 2. The lowest BCUT2D eigenvalue weighted by Gasteiger charge is -2.05. The Morgan fingerprint density at radius 3 is 2.76 bits per heavy atom. The lowest BCUT2D eigenvalue weighted by molar-refractivity contribution is -0.120. The van der Waals surface area contributed by atoms with E-state index >= 15 is 0 Å². The third kappa shape index (κ3) is 4.97. The summed E-state index contributed by atoms with van der Waals surface area (Å²) in [6.45, 7) is 2.53. The highest BCUT2D eigenvalue weighted by atomic mass is 32.1. The van der Waals surface area contributed by atoms with Crippen LogP contribution in [0.4, 0.5) is 0 Å². The Bertz CT molecular complexity index is 852. The number of nitrogens with one attached hydrogen (secondary N) is 2. The van der Waals surface area contributed by atoms with Crippen LogP contribution in [-0.4, -0.2) is 29.9 Å². The van der Waals surface area contributed by atoms with Crippen LogP contribution in [0.3, 0.4) is 0 Å². The summed E-state index contributed by atoms with van der Waals surface area (Å²) < 4.78 is 0. The molecule has 2 amide bonds. The van der Waals surface area contributed by atoms with E-state index in [2.05, 4.69) is 33.1 Å². The van der Waals surface area contributed by atoms with Crippen molar-refractivity contribution in [2.45, 2.75) is 13.3 Å². The number of amides is 2. The first-order chi connectivity index (χ1) is 12.1. The van der Waals surface area contributed by atoms with Crippen LogP contribution in [0.25, 0.3) is 10.6 Å². The van der Waals surface area contributed by atoms with Crippen LogP contribution >= 0.6 is 34.0 Å². The summed E-state index contributed by atoms with van der Waals surface area (Å²) in [6.07, 6.45) is 0.762. The maximum Gasteiger partial charge on any atom is 0.252 e. The lowest BCUT2D eigenvalue weighted by Crippen LogP contribution is -2.37. The van der Waals surface area contributed by atoms with Crippen LogP contribution in [-0.2, 0) is 11.2 Å². The van der Waals surface area contributed by atoms with E-state index in [4.69, 9.17) is 0 Å². The highest BCUT2D eigenvalue weighted by Crippen LogP contribution is 2.29. The summed E-state index contributed by atoms with van der Waals surface area (Å²) in [6, 6.07) is 5.87. The summed E-state index contributed by atoms with van der Waals surface area (Å²) >= 11 is 4.78. The lowest BCUT2D eigenvalue weighted by atomic mass is 10.3. The molecular weight excluding hydrogens is 374 g/mol. The predicted molar refractivity (Wildman–Crippen MR) is 104 cm³/mol. The van der Waals surface area contributed by atoms with Gasteiger partial charge in [-0.1, -0.05) is 0 Å². The molecule has 0 aliphatic rings. The van der Waals surface area contributed by atoms with Gasteiger partial charge in [-0.3, -0.25) is 9.59 Å². The largest absolute Gasteiger partial charge is 0.354 e. The maximum atomic E-state index is 11.8. The zero-order chi connectivity index (χ0) is 17.6. The van der Waals surface area contributed by atoms with E-state index in [0.29, 0.717) is 12.1 Å². The van der Waals surface area contributed by atoms with Gasteiger partial charge in [-0.05, 0) is 36.9 Å². The molecule has 0 aliphatic heterocycles. The molecule has 0 spiro atoms. The molecule has 3 heterocycles. The van der Waals surface area contributed by atoms with Crippen molar-refractivity contribution < 1.29 is 9.59 Å². The Kier molecular flexibility index (Phi) is 5.95. The number of thiazole rings is 1. The minimum atomic E-state index is -0.224. The van der Waals surface area contributed by atoms with Crippen molar-refractivity contribution >= 4 is 45.8 Å². The Labute approximate surface area is 157 Å². The fraction of sp³-hybridized carbons (Fsp3) is 0.235. The normalized spacial score (nSPS) is 10.6. The molecule has 0 saturated heterocycles. The Morgan fingerprint density at radius 1 is 1.16 bits per heavy atom. The Hall–Kier alpha value is -2.03.